The van der Waals surface area contributed by atoms with E-state index in [2.05, 4.69) is 30.6 Å². The number of hydrogen-bond acceptors (Lipinski definition) is 4. The molecule has 0 atom stereocenters. The summed E-state index contributed by atoms with van der Waals surface area (Å²) in [4.78, 5) is 14.3. The molecule has 0 saturated heterocycles. The lowest BCUT2D eigenvalue weighted by molar-refractivity contribution is -0.142. The molecule has 0 aromatic heterocycles. The number of aliphatic hydroxyl groups is 1. The van der Waals surface area contributed by atoms with E-state index < -0.39 is 0 Å². The van der Waals surface area contributed by atoms with Gasteiger partial charge in [0.05, 0.1) is 0 Å². The van der Waals surface area contributed by atoms with E-state index in [9.17, 15) is 4.79 Å². The summed E-state index contributed by atoms with van der Waals surface area (Å²) in [6.07, 6.45) is 20.8. The zero-order valence-electron chi connectivity index (χ0n) is 21.5. The van der Waals surface area contributed by atoms with E-state index in [1.807, 2.05) is 0 Å². The van der Waals surface area contributed by atoms with Gasteiger partial charge in [-0.05, 0) is 45.2 Å². The smallest absolute Gasteiger partial charge is 0.306 e. The molecule has 4 heteroatoms. The topological polar surface area (TPSA) is 49.8 Å². The zero-order chi connectivity index (χ0) is 23.5. The lowest BCUT2D eigenvalue weighted by atomic mass is 10.1. The molecule has 1 N–H and O–H groups in total. The molecule has 0 unspecified atom stereocenters. The molecule has 0 bridgehead atoms. The molecule has 188 valence electrons. The van der Waals surface area contributed by atoms with Crippen LogP contribution in [0.3, 0.4) is 0 Å². The van der Waals surface area contributed by atoms with Crippen molar-refractivity contribution in [1.29, 1.82) is 0 Å². The fourth-order valence-corrected chi connectivity index (χ4v) is 3.85. The summed E-state index contributed by atoms with van der Waals surface area (Å²) in [5.74, 6) is 5.93. The van der Waals surface area contributed by atoms with Gasteiger partial charge in [0, 0.05) is 26.0 Å². The van der Waals surface area contributed by atoms with Gasteiger partial charge in [-0.2, -0.15) is 0 Å². The molecular weight excluding hydrogens is 398 g/mol. The van der Waals surface area contributed by atoms with Crippen molar-refractivity contribution in [2.24, 2.45) is 0 Å². The minimum absolute atomic E-state index is 0.112. The maximum absolute atomic E-state index is 11.8. The summed E-state index contributed by atoms with van der Waals surface area (Å²) < 4.78 is 5.20. The van der Waals surface area contributed by atoms with Crippen molar-refractivity contribution in [3.05, 3.63) is 0 Å². The number of hydrogen-bond donors (Lipinski definition) is 1. The molecule has 0 heterocycles. The predicted octanol–water partition coefficient (Wildman–Crippen LogP) is 6.89. The number of carbonyl (C=O) groups is 1. The molecule has 0 radical (unpaired) electrons. The molecule has 0 aliphatic heterocycles. The van der Waals surface area contributed by atoms with Crippen molar-refractivity contribution < 1.29 is 14.6 Å². The highest BCUT2D eigenvalue weighted by molar-refractivity contribution is 5.69. The van der Waals surface area contributed by atoms with E-state index in [0.29, 0.717) is 6.42 Å². The van der Waals surface area contributed by atoms with Crippen molar-refractivity contribution in [2.45, 2.75) is 129 Å². The third-order valence-electron chi connectivity index (χ3n) is 5.90. The van der Waals surface area contributed by atoms with Crippen LogP contribution in [0.15, 0.2) is 0 Å². The van der Waals surface area contributed by atoms with Gasteiger partial charge in [0.15, 0.2) is 6.61 Å². The first-order chi connectivity index (χ1) is 15.7. The maximum Gasteiger partial charge on any atom is 0.306 e. The van der Waals surface area contributed by atoms with Gasteiger partial charge < -0.3 is 14.7 Å². The van der Waals surface area contributed by atoms with Crippen LogP contribution in [-0.4, -0.2) is 48.8 Å². The number of esters is 1. The molecule has 0 amide bonds. The quantitative estimate of drug-likeness (QED) is 0.104. The van der Waals surface area contributed by atoms with E-state index in [0.717, 1.165) is 45.2 Å². The van der Waals surface area contributed by atoms with Gasteiger partial charge in [-0.15, -0.1) is 0 Å². The third kappa shape index (κ3) is 23.6. The van der Waals surface area contributed by atoms with Gasteiger partial charge in [-0.1, -0.05) is 96.3 Å². The van der Waals surface area contributed by atoms with Crippen LogP contribution in [0, 0.1) is 11.8 Å². The minimum Gasteiger partial charge on any atom is -0.452 e. The molecule has 0 aliphatic carbocycles. The third-order valence-corrected chi connectivity index (χ3v) is 5.90. The van der Waals surface area contributed by atoms with Gasteiger partial charge in [-0.3, -0.25) is 4.79 Å². The SMILES string of the molecule is CCCCCCC#CCOC(=O)CCCCCCCN(CCCO)CCCCCCCC. The number of unbranched alkanes of at least 4 members (excludes halogenated alkanes) is 13. The first-order valence-electron chi connectivity index (χ1n) is 13.7. The van der Waals surface area contributed by atoms with Crippen molar-refractivity contribution in [2.75, 3.05) is 32.8 Å². The highest BCUT2D eigenvalue weighted by Crippen LogP contribution is 2.10. The predicted molar refractivity (Wildman–Crippen MR) is 137 cm³/mol. The van der Waals surface area contributed by atoms with Gasteiger partial charge in [0.2, 0.25) is 0 Å². The van der Waals surface area contributed by atoms with E-state index in [-0.39, 0.29) is 19.2 Å². The van der Waals surface area contributed by atoms with Crippen LogP contribution in [0.1, 0.15) is 129 Å². The van der Waals surface area contributed by atoms with E-state index in [1.54, 1.807) is 0 Å². The fourth-order valence-electron chi connectivity index (χ4n) is 3.85. The summed E-state index contributed by atoms with van der Waals surface area (Å²) in [5.41, 5.74) is 0. The molecule has 0 spiro atoms. The molecule has 4 nitrogen and oxygen atoms in total. The highest BCUT2D eigenvalue weighted by atomic mass is 16.5. The van der Waals surface area contributed by atoms with Gasteiger partial charge >= 0.3 is 5.97 Å². The first kappa shape index (κ1) is 30.9. The number of aliphatic hydroxyl groups excluding tert-OH is 1. The van der Waals surface area contributed by atoms with Crippen LogP contribution in [0.25, 0.3) is 0 Å². The second kappa shape index (κ2) is 26.2. The Morgan fingerprint density at radius 2 is 1.22 bits per heavy atom. The summed E-state index contributed by atoms with van der Waals surface area (Å²) in [7, 11) is 0. The lowest BCUT2D eigenvalue weighted by Crippen LogP contribution is -2.27. The minimum atomic E-state index is -0.112. The lowest BCUT2D eigenvalue weighted by Gasteiger charge is -2.22. The Bertz CT molecular complexity index is 455. The normalized spacial score (nSPS) is 10.9. The fraction of sp³-hybridized carbons (Fsp3) is 0.893. The number of carbonyl (C=O) groups excluding carboxylic acids is 1. The summed E-state index contributed by atoms with van der Waals surface area (Å²) in [6, 6.07) is 0. The number of ether oxygens (including phenoxy) is 1. The molecule has 32 heavy (non-hydrogen) atoms. The molecule has 0 aromatic carbocycles. The Morgan fingerprint density at radius 3 is 1.84 bits per heavy atom. The van der Waals surface area contributed by atoms with Crippen LogP contribution in [0.5, 0.6) is 0 Å². The Balaban J connectivity index is 3.63. The van der Waals surface area contributed by atoms with Crippen molar-refractivity contribution in [1.82, 2.24) is 4.90 Å². The van der Waals surface area contributed by atoms with Gasteiger partial charge in [0.25, 0.3) is 0 Å². The van der Waals surface area contributed by atoms with Crippen molar-refractivity contribution in [3.8, 4) is 11.8 Å². The van der Waals surface area contributed by atoms with Gasteiger partial charge in [-0.25, -0.2) is 0 Å². The molecule has 0 rings (SSSR count). The highest BCUT2D eigenvalue weighted by Gasteiger charge is 2.05. The van der Waals surface area contributed by atoms with Crippen molar-refractivity contribution in [3.63, 3.8) is 0 Å². The van der Waals surface area contributed by atoms with Crippen molar-refractivity contribution >= 4 is 5.97 Å². The van der Waals surface area contributed by atoms with Crippen LogP contribution in [0.2, 0.25) is 0 Å². The zero-order valence-corrected chi connectivity index (χ0v) is 21.5. The molecule has 0 saturated carbocycles. The maximum atomic E-state index is 11.8. The standard InChI is InChI=1S/C28H53NO3/c1-3-5-7-9-11-16-20-27-32-28(31)22-17-13-12-15-19-24-29(25-21-26-30)23-18-14-10-8-6-4-2/h30H,3-15,17-19,21-27H2,1-2H3. The summed E-state index contributed by atoms with van der Waals surface area (Å²) in [5, 5.41) is 9.15. The monoisotopic (exact) mass is 451 g/mol. The largest absolute Gasteiger partial charge is 0.452 e. The van der Waals surface area contributed by atoms with Crippen LogP contribution in [0.4, 0.5) is 0 Å². The van der Waals surface area contributed by atoms with E-state index in [4.69, 9.17) is 9.84 Å². The van der Waals surface area contributed by atoms with Gasteiger partial charge in [0.1, 0.15) is 0 Å². The molecule has 0 aliphatic rings. The van der Waals surface area contributed by atoms with E-state index >= 15 is 0 Å². The first-order valence-corrected chi connectivity index (χ1v) is 13.7. The molecule has 0 fully saturated rings. The second-order valence-electron chi connectivity index (χ2n) is 9.03. The Kier molecular flexibility index (Phi) is 25.3. The van der Waals surface area contributed by atoms with Crippen LogP contribution < -0.4 is 0 Å². The Morgan fingerprint density at radius 1 is 0.688 bits per heavy atom. The number of nitrogens with zero attached hydrogens (tertiary/aromatic N) is 1. The average molecular weight is 452 g/mol. The van der Waals surface area contributed by atoms with Crippen LogP contribution >= 0.6 is 0 Å². The summed E-state index contributed by atoms with van der Waals surface area (Å²) in [6.45, 7) is 8.31. The second-order valence-corrected chi connectivity index (χ2v) is 9.03. The van der Waals surface area contributed by atoms with E-state index in [1.165, 1.54) is 83.6 Å². The number of rotatable bonds is 23. The van der Waals surface area contributed by atoms with Crippen LogP contribution in [-0.2, 0) is 9.53 Å². The average Bonchev–Trinajstić information content (AvgIpc) is 2.80. The molecule has 0 aromatic rings. The molecular formula is C28H53NO3. The Labute approximate surface area is 199 Å². The Hall–Kier alpha value is -1.05. The summed E-state index contributed by atoms with van der Waals surface area (Å²) >= 11 is 0.